The molecule has 7 nitrogen and oxygen atoms in total. The van der Waals surface area contributed by atoms with E-state index in [4.69, 9.17) is 9.47 Å². The van der Waals surface area contributed by atoms with Crippen molar-refractivity contribution in [1.82, 2.24) is 14.9 Å². The van der Waals surface area contributed by atoms with E-state index in [-0.39, 0.29) is 35.0 Å². The molecule has 0 radical (unpaired) electrons. The lowest BCUT2D eigenvalue weighted by Crippen LogP contribution is -2.42. The molecular formula is C19H23N3O4S. The number of benzene rings is 1. The molecule has 1 amide bonds. The van der Waals surface area contributed by atoms with Crippen molar-refractivity contribution in [3.05, 3.63) is 41.5 Å². The number of ether oxygens (including phenoxy) is 2. The summed E-state index contributed by atoms with van der Waals surface area (Å²) in [5.41, 5.74) is 0.459. The van der Waals surface area contributed by atoms with E-state index >= 15 is 0 Å². The van der Waals surface area contributed by atoms with Crippen LogP contribution in [-0.4, -0.2) is 49.9 Å². The molecule has 27 heavy (non-hydrogen) atoms. The molecule has 2 aromatic rings. The van der Waals surface area contributed by atoms with Crippen LogP contribution in [0.2, 0.25) is 0 Å². The largest absolute Gasteiger partial charge is 0.472 e. The van der Waals surface area contributed by atoms with E-state index in [1.807, 2.05) is 51.1 Å². The Morgan fingerprint density at radius 1 is 1.26 bits per heavy atom. The minimum absolute atomic E-state index is 0.0744. The van der Waals surface area contributed by atoms with Crippen LogP contribution in [0.5, 0.6) is 11.8 Å². The number of hydrogen-bond acceptors (Lipinski definition) is 6. The van der Waals surface area contributed by atoms with Crippen LogP contribution in [0.15, 0.2) is 35.5 Å². The van der Waals surface area contributed by atoms with E-state index in [1.165, 1.54) is 6.26 Å². The summed E-state index contributed by atoms with van der Waals surface area (Å²) in [5.74, 6) is -0.0472. The maximum absolute atomic E-state index is 13.1. The number of fused-ring (bicyclic) bond motifs is 1. The van der Waals surface area contributed by atoms with Crippen LogP contribution in [-0.2, 0) is 17.4 Å². The second-order valence-corrected chi connectivity index (χ2v) is 8.17. The first-order valence-electron chi connectivity index (χ1n) is 8.71. The Bertz CT molecular complexity index is 871. The molecule has 0 aliphatic carbocycles. The van der Waals surface area contributed by atoms with E-state index in [2.05, 4.69) is 9.97 Å². The van der Waals surface area contributed by atoms with Crippen LogP contribution in [0.25, 0.3) is 0 Å². The molecule has 3 rings (SSSR count). The second kappa shape index (κ2) is 7.64. The lowest BCUT2D eigenvalue weighted by atomic mass is 10.1. The number of amides is 1. The number of carbonyl (C=O) groups is 1. The monoisotopic (exact) mass is 389 g/mol. The lowest BCUT2D eigenvalue weighted by Gasteiger charge is -2.28. The third-order valence-corrected chi connectivity index (χ3v) is 4.82. The first-order chi connectivity index (χ1) is 12.8. The molecule has 0 saturated carbocycles. The van der Waals surface area contributed by atoms with Gasteiger partial charge in [0.2, 0.25) is 16.9 Å². The smallest absolute Gasteiger partial charge is 0.265 e. The van der Waals surface area contributed by atoms with Gasteiger partial charge in [0.1, 0.15) is 12.2 Å². The summed E-state index contributed by atoms with van der Waals surface area (Å²) in [6.07, 6.45) is 1.48. The van der Waals surface area contributed by atoms with Crippen LogP contribution in [0.1, 0.15) is 36.7 Å². The predicted octanol–water partition coefficient (Wildman–Crippen LogP) is 2.43. The van der Waals surface area contributed by atoms with Crippen molar-refractivity contribution in [1.29, 1.82) is 0 Å². The van der Waals surface area contributed by atoms with Crippen molar-refractivity contribution in [2.45, 2.75) is 38.1 Å². The van der Waals surface area contributed by atoms with E-state index in [9.17, 15) is 9.00 Å². The number of rotatable bonds is 5. The lowest BCUT2D eigenvalue weighted by molar-refractivity contribution is 0.0539. The molecule has 0 saturated heterocycles. The van der Waals surface area contributed by atoms with E-state index in [1.54, 1.807) is 4.90 Å². The molecular weight excluding hydrogens is 366 g/mol. The average Bonchev–Trinajstić information content (AvgIpc) is 2.73. The Kier molecular flexibility index (Phi) is 5.46. The highest BCUT2D eigenvalue weighted by atomic mass is 32.2. The number of carbonyl (C=O) groups excluding carboxylic acids is 1. The van der Waals surface area contributed by atoms with Gasteiger partial charge in [-0.15, -0.1) is 0 Å². The standard InChI is InChI=1S/C19H23N3O4S/c1-5-22-12-19(2,3)26-16-14(17(22)23)15(20-18(21-16)27(4)24)25-11-13-9-7-6-8-10-13/h6-10H,5,11-12H2,1-4H3. The number of likely N-dealkylation sites (N-methyl/N-ethyl adjacent to an activating group) is 1. The zero-order chi connectivity index (χ0) is 19.6. The van der Waals surface area contributed by atoms with Gasteiger partial charge in [-0.3, -0.25) is 9.00 Å². The molecule has 1 aromatic carbocycles. The highest BCUT2D eigenvalue weighted by Crippen LogP contribution is 2.33. The summed E-state index contributed by atoms with van der Waals surface area (Å²) in [6.45, 7) is 6.81. The van der Waals surface area contributed by atoms with E-state index in [0.717, 1.165) is 5.56 Å². The number of hydrogen-bond donors (Lipinski definition) is 0. The average molecular weight is 389 g/mol. The highest BCUT2D eigenvalue weighted by Gasteiger charge is 2.37. The Morgan fingerprint density at radius 2 is 1.96 bits per heavy atom. The van der Waals surface area contributed by atoms with Gasteiger partial charge >= 0.3 is 0 Å². The van der Waals surface area contributed by atoms with Crippen molar-refractivity contribution >= 4 is 16.7 Å². The molecule has 1 aliphatic rings. The van der Waals surface area contributed by atoms with Crippen LogP contribution >= 0.6 is 0 Å². The minimum Gasteiger partial charge on any atom is -0.472 e. The Hall–Kier alpha value is -2.48. The van der Waals surface area contributed by atoms with Crippen LogP contribution < -0.4 is 9.47 Å². The van der Waals surface area contributed by atoms with Crippen molar-refractivity contribution in [2.24, 2.45) is 0 Å². The maximum Gasteiger partial charge on any atom is 0.265 e. The molecule has 0 N–H and O–H groups in total. The van der Waals surface area contributed by atoms with Gasteiger partial charge in [0.05, 0.1) is 17.3 Å². The summed E-state index contributed by atoms with van der Waals surface area (Å²) in [7, 11) is -1.44. The third-order valence-electron chi connectivity index (χ3n) is 4.13. The third kappa shape index (κ3) is 4.27. The van der Waals surface area contributed by atoms with Gasteiger partial charge in [-0.25, -0.2) is 0 Å². The van der Waals surface area contributed by atoms with Gasteiger partial charge in [0, 0.05) is 12.8 Å². The van der Waals surface area contributed by atoms with Crippen molar-refractivity contribution in [3.63, 3.8) is 0 Å². The van der Waals surface area contributed by atoms with Crippen molar-refractivity contribution in [2.75, 3.05) is 19.3 Å². The molecule has 144 valence electrons. The predicted molar refractivity (Wildman–Crippen MR) is 101 cm³/mol. The van der Waals surface area contributed by atoms with Crippen molar-refractivity contribution in [3.8, 4) is 11.8 Å². The molecule has 1 aromatic heterocycles. The van der Waals surface area contributed by atoms with Crippen LogP contribution in [0.3, 0.4) is 0 Å². The first-order valence-corrected chi connectivity index (χ1v) is 10.3. The van der Waals surface area contributed by atoms with Gasteiger partial charge in [-0.1, -0.05) is 30.3 Å². The van der Waals surface area contributed by atoms with Crippen LogP contribution in [0.4, 0.5) is 0 Å². The van der Waals surface area contributed by atoms with Gasteiger partial charge in [0.25, 0.3) is 5.91 Å². The number of nitrogens with zero attached hydrogens (tertiary/aromatic N) is 3. The van der Waals surface area contributed by atoms with Gasteiger partial charge in [0.15, 0.2) is 5.56 Å². The summed E-state index contributed by atoms with van der Waals surface area (Å²) in [6, 6.07) is 9.55. The normalized spacial score (nSPS) is 16.9. The van der Waals surface area contributed by atoms with Crippen LogP contribution in [0, 0.1) is 0 Å². The molecule has 8 heteroatoms. The molecule has 1 unspecified atom stereocenters. The summed E-state index contributed by atoms with van der Waals surface area (Å²) in [5, 5.41) is 0.0744. The first kappa shape index (κ1) is 19.3. The fourth-order valence-corrected chi connectivity index (χ4v) is 3.28. The quantitative estimate of drug-likeness (QED) is 0.731. The fraction of sp³-hybridized carbons (Fsp3) is 0.421. The fourth-order valence-electron chi connectivity index (χ4n) is 2.86. The Balaban J connectivity index is 2.07. The van der Waals surface area contributed by atoms with E-state index in [0.29, 0.717) is 13.1 Å². The Morgan fingerprint density at radius 3 is 2.59 bits per heavy atom. The molecule has 1 atom stereocenters. The minimum atomic E-state index is -1.44. The summed E-state index contributed by atoms with van der Waals surface area (Å²) in [4.78, 5) is 23.2. The van der Waals surface area contributed by atoms with Gasteiger partial charge in [-0.2, -0.15) is 9.97 Å². The Labute approximate surface area is 161 Å². The second-order valence-electron chi connectivity index (χ2n) is 6.90. The number of aromatic nitrogens is 2. The van der Waals surface area contributed by atoms with Gasteiger partial charge < -0.3 is 14.4 Å². The molecule has 0 fully saturated rings. The molecule has 0 spiro atoms. The zero-order valence-electron chi connectivity index (χ0n) is 15.9. The zero-order valence-corrected chi connectivity index (χ0v) is 16.7. The summed E-state index contributed by atoms with van der Waals surface area (Å²) < 4.78 is 23.8. The van der Waals surface area contributed by atoms with Gasteiger partial charge in [-0.05, 0) is 26.3 Å². The SMILES string of the molecule is CCN1CC(C)(C)Oc2nc(S(C)=O)nc(OCc3ccccc3)c2C1=O. The topological polar surface area (TPSA) is 81.6 Å². The molecule has 2 heterocycles. The molecule has 0 bridgehead atoms. The summed E-state index contributed by atoms with van der Waals surface area (Å²) >= 11 is 0. The maximum atomic E-state index is 13.1. The molecule has 1 aliphatic heterocycles. The van der Waals surface area contributed by atoms with E-state index < -0.39 is 16.4 Å². The highest BCUT2D eigenvalue weighted by molar-refractivity contribution is 7.84. The van der Waals surface area contributed by atoms with Crippen molar-refractivity contribution < 1.29 is 18.5 Å².